The number of rotatable bonds is 4. The fourth-order valence-corrected chi connectivity index (χ4v) is 1.44. The van der Waals surface area contributed by atoms with Crippen molar-refractivity contribution in [3.8, 4) is 0 Å². The molecule has 1 aromatic rings. The second-order valence-corrected chi connectivity index (χ2v) is 3.82. The second kappa shape index (κ2) is 5.87. The molecule has 0 aliphatic rings. The highest BCUT2D eigenvalue weighted by molar-refractivity contribution is 6.31. The molecular weight excluding hydrogens is 300 g/mol. The SMILES string of the molecule is FC(F)(F)OCCNc1ccc(Cl)c(C(F)(F)F)c1. The van der Waals surface area contributed by atoms with Crippen LogP contribution < -0.4 is 5.32 Å². The average Bonchev–Trinajstić information content (AvgIpc) is 2.23. The van der Waals surface area contributed by atoms with Crippen LogP contribution in [-0.4, -0.2) is 19.5 Å². The molecule has 0 unspecified atom stereocenters. The summed E-state index contributed by atoms with van der Waals surface area (Å²) in [4.78, 5) is 0. The number of alkyl halides is 6. The van der Waals surface area contributed by atoms with Crippen LogP contribution in [0.2, 0.25) is 5.02 Å². The number of anilines is 1. The minimum atomic E-state index is -4.77. The third-order valence-corrected chi connectivity index (χ3v) is 2.30. The van der Waals surface area contributed by atoms with E-state index in [9.17, 15) is 26.3 Å². The van der Waals surface area contributed by atoms with Gasteiger partial charge in [0, 0.05) is 12.2 Å². The number of nitrogens with one attached hydrogen (secondary N) is 1. The molecule has 19 heavy (non-hydrogen) atoms. The van der Waals surface area contributed by atoms with Crippen LogP contribution in [0.5, 0.6) is 0 Å². The van der Waals surface area contributed by atoms with Crippen LogP contribution >= 0.6 is 11.6 Å². The first-order valence-corrected chi connectivity index (χ1v) is 5.29. The predicted octanol–water partition coefficient (Wildman–Crippen LogP) is 4.31. The largest absolute Gasteiger partial charge is 0.522 e. The van der Waals surface area contributed by atoms with Crippen molar-refractivity contribution in [2.24, 2.45) is 0 Å². The van der Waals surface area contributed by atoms with Crippen molar-refractivity contribution in [3.63, 3.8) is 0 Å². The van der Waals surface area contributed by atoms with Gasteiger partial charge in [-0.15, -0.1) is 13.2 Å². The predicted molar refractivity (Wildman–Crippen MR) is 57.0 cm³/mol. The minimum Gasteiger partial charge on any atom is -0.383 e. The van der Waals surface area contributed by atoms with Crippen LogP contribution in [0.3, 0.4) is 0 Å². The van der Waals surface area contributed by atoms with E-state index in [1.54, 1.807) is 0 Å². The van der Waals surface area contributed by atoms with Crippen LogP contribution in [-0.2, 0) is 10.9 Å². The van der Waals surface area contributed by atoms with E-state index >= 15 is 0 Å². The molecule has 0 amide bonds. The first-order chi connectivity index (χ1) is 8.59. The van der Waals surface area contributed by atoms with Gasteiger partial charge in [0.25, 0.3) is 0 Å². The lowest BCUT2D eigenvalue weighted by molar-refractivity contribution is -0.322. The summed E-state index contributed by atoms with van der Waals surface area (Å²) < 4.78 is 75.8. The molecule has 0 aliphatic carbocycles. The molecule has 0 radical (unpaired) electrons. The number of ether oxygens (including phenoxy) is 1. The molecule has 0 saturated carbocycles. The van der Waals surface area contributed by atoms with Crippen molar-refractivity contribution in [2.45, 2.75) is 12.5 Å². The van der Waals surface area contributed by atoms with E-state index in [0.717, 1.165) is 12.1 Å². The van der Waals surface area contributed by atoms with Crippen LogP contribution in [0.15, 0.2) is 18.2 Å². The third-order valence-electron chi connectivity index (χ3n) is 1.97. The Kier molecular flexibility index (Phi) is 4.92. The molecule has 0 aromatic heterocycles. The number of hydrogen-bond donors (Lipinski definition) is 1. The van der Waals surface area contributed by atoms with Crippen molar-refractivity contribution in [1.82, 2.24) is 0 Å². The van der Waals surface area contributed by atoms with Crippen molar-refractivity contribution in [3.05, 3.63) is 28.8 Å². The van der Waals surface area contributed by atoms with Gasteiger partial charge in [-0.3, -0.25) is 4.74 Å². The summed E-state index contributed by atoms with van der Waals surface area (Å²) in [5.41, 5.74) is -1.06. The van der Waals surface area contributed by atoms with Gasteiger partial charge in [0.1, 0.15) is 0 Å². The quantitative estimate of drug-likeness (QED) is 0.661. The van der Waals surface area contributed by atoms with Gasteiger partial charge in [-0.2, -0.15) is 13.2 Å². The summed E-state index contributed by atoms with van der Waals surface area (Å²) in [6, 6.07) is 2.96. The van der Waals surface area contributed by atoms with Gasteiger partial charge in [0.05, 0.1) is 17.2 Å². The van der Waals surface area contributed by atoms with Gasteiger partial charge in [-0.25, -0.2) is 0 Å². The topological polar surface area (TPSA) is 21.3 Å². The highest BCUT2D eigenvalue weighted by Crippen LogP contribution is 2.36. The Morgan fingerprint density at radius 2 is 1.74 bits per heavy atom. The molecule has 0 heterocycles. The van der Waals surface area contributed by atoms with Crippen molar-refractivity contribution < 1.29 is 31.1 Å². The molecule has 9 heteroatoms. The third kappa shape index (κ3) is 5.56. The normalized spacial score (nSPS) is 12.6. The number of benzene rings is 1. The molecule has 108 valence electrons. The molecule has 1 rings (SSSR count). The molecule has 1 N–H and O–H groups in total. The standard InChI is InChI=1S/C10H8ClF6NO/c11-8-2-1-6(5-7(8)9(12,13)14)18-3-4-19-10(15,16)17/h1-2,5,18H,3-4H2. The van der Waals surface area contributed by atoms with Crippen LogP contribution in [0.25, 0.3) is 0 Å². The summed E-state index contributed by atoms with van der Waals surface area (Å²) >= 11 is 5.38. The van der Waals surface area contributed by atoms with E-state index in [1.165, 1.54) is 6.07 Å². The number of hydrogen-bond acceptors (Lipinski definition) is 2. The zero-order valence-electron chi connectivity index (χ0n) is 9.20. The highest BCUT2D eigenvalue weighted by atomic mass is 35.5. The fraction of sp³-hybridized carbons (Fsp3) is 0.400. The van der Waals surface area contributed by atoms with Gasteiger partial charge in [-0.05, 0) is 18.2 Å². The minimum absolute atomic E-state index is 0.00231. The Hall–Kier alpha value is -1.15. The highest BCUT2D eigenvalue weighted by Gasteiger charge is 2.33. The second-order valence-electron chi connectivity index (χ2n) is 3.41. The fourth-order valence-electron chi connectivity index (χ4n) is 1.21. The van der Waals surface area contributed by atoms with Gasteiger partial charge in [0.15, 0.2) is 0 Å². The smallest absolute Gasteiger partial charge is 0.383 e. The van der Waals surface area contributed by atoms with Gasteiger partial charge >= 0.3 is 12.5 Å². The Balaban J connectivity index is 2.61. The lowest BCUT2D eigenvalue weighted by Gasteiger charge is -2.13. The Morgan fingerprint density at radius 1 is 1.11 bits per heavy atom. The molecule has 2 nitrogen and oxygen atoms in total. The lowest BCUT2D eigenvalue weighted by atomic mass is 10.2. The summed E-state index contributed by atoms with van der Waals surface area (Å²) in [6.07, 6.45) is -9.39. The maximum Gasteiger partial charge on any atom is 0.522 e. The van der Waals surface area contributed by atoms with Crippen LogP contribution in [0, 0.1) is 0 Å². The van der Waals surface area contributed by atoms with Crippen LogP contribution in [0.1, 0.15) is 5.56 Å². The van der Waals surface area contributed by atoms with E-state index in [-0.39, 0.29) is 12.2 Å². The Labute approximate surface area is 109 Å². The average molecular weight is 308 g/mol. The van der Waals surface area contributed by atoms with Gasteiger partial charge in [0.2, 0.25) is 0 Å². The van der Waals surface area contributed by atoms with E-state index in [4.69, 9.17) is 11.6 Å². The zero-order chi connectivity index (χ0) is 14.7. The summed E-state index contributed by atoms with van der Waals surface area (Å²) in [6.45, 7) is -1.01. The van der Waals surface area contributed by atoms with Crippen LogP contribution in [0.4, 0.5) is 32.0 Å². The molecule has 0 atom stereocenters. The number of halogens is 7. The summed E-state index contributed by atoms with van der Waals surface area (Å²) in [5, 5.41) is 1.89. The van der Waals surface area contributed by atoms with Crippen molar-refractivity contribution >= 4 is 17.3 Å². The Morgan fingerprint density at radius 3 is 2.26 bits per heavy atom. The summed E-state index contributed by atoms with van der Waals surface area (Å²) in [5.74, 6) is 0. The van der Waals surface area contributed by atoms with Gasteiger partial charge in [-0.1, -0.05) is 11.6 Å². The van der Waals surface area contributed by atoms with E-state index in [2.05, 4.69) is 10.1 Å². The molecule has 0 fully saturated rings. The first kappa shape index (κ1) is 15.9. The molecule has 0 spiro atoms. The monoisotopic (exact) mass is 307 g/mol. The first-order valence-electron chi connectivity index (χ1n) is 4.91. The zero-order valence-corrected chi connectivity index (χ0v) is 9.96. The Bertz CT molecular complexity index is 431. The van der Waals surface area contributed by atoms with Crippen molar-refractivity contribution in [1.29, 1.82) is 0 Å². The molecule has 0 aliphatic heterocycles. The summed E-state index contributed by atoms with van der Waals surface area (Å²) in [7, 11) is 0. The van der Waals surface area contributed by atoms with E-state index in [1.807, 2.05) is 0 Å². The maximum absolute atomic E-state index is 12.5. The van der Waals surface area contributed by atoms with E-state index in [0.29, 0.717) is 0 Å². The lowest BCUT2D eigenvalue weighted by Crippen LogP contribution is -2.19. The maximum atomic E-state index is 12.5. The molecule has 1 aromatic carbocycles. The van der Waals surface area contributed by atoms with Crippen molar-refractivity contribution in [2.75, 3.05) is 18.5 Å². The molecule has 0 saturated heterocycles. The van der Waals surface area contributed by atoms with E-state index < -0.39 is 29.7 Å². The van der Waals surface area contributed by atoms with Gasteiger partial charge < -0.3 is 5.32 Å². The molecular formula is C10H8ClF6NO. The molecule has 0 bridgehead atoms.